The third-order valence-corrected chi connectivity index (χ3v) is 4.45. The molecule has 2 atom stereocenters. The van der Waals surface area contributed by atoms with Gasteiger partial charge in [-0.3, -0.25) is 4.90 Å². The van der Waals surface area contributed by atoms with E-state index in [0.29, 0.717) is 0 Å². The molecule has 1 heterocycles. The molecule has 0 radical (unpaired) electrons. The standard InChI is InChI=1S/C9H18BrNS/c1-3-8(2)11-4-5-12-7-9(11)6-10/h8-9H,3-7H2,1-2H3. The molecule has 0 spiro atoms. The number of rotatable bonds is 3. The van der Waals surface area contributed by atoms with Gasteiger partial charge in [0.25, 0.3) is 0 Å². The first-order valence-electron chi connectivity index (χ1n) is 4.69. The molecular weight excluding hydrogens is 234 g/mol. The molecule has 0 aromatic heterocycles. The van der Waals surface area contributed by atoms with Crippen molar-refractivity contribution in [1.82, 2.24) is 4.90 Å². The number of hydrogen-bond donors (Lipinski definition) is 0. The summed E-state index contributed by atoms with van der Waals surface area (Å²) < 4.78 is 0. The fourth-order valence-corrected chi connectivity index (χ4v) is 3.61. The molecule has 1 fully saturated rings. The van der Waals surface area contributed by atoms with Crippen LogP contribution in [0.25, 0.3) is 0 Å². The van der Waals surface area contributed by atoms with Gasteiger partial charge in [0.1, 0.15) is 0 Å². The Labute approximate surface area is 88.4 Å². The van der Waals surface area contributed by atoms with E-state index in [1.54, 1.807) is 0 Å². The molecule has 12 heavy (non-hydrogen) atoms. The minimum atomic E-state index is 0.758. The van der Waals surface area contributed by atoms with Gasteiger partial charge < -0.3 is 0 Å². The highest BCUT2D eigenvalue weighted by atomic mass is 79.9. The van der Waals surface area contributed by atoms with E-state index in [4.69, 9.17) is 0 Å². The maximum atomic E-state index is 3.59. The summed E-state index contributed by atoms with van der Waals surface area (Å²) in [6, 6.07) is 1.52. The fourth-order valence-electron chi connectivity index (χ4n) is 1.62. The molecular formula is C9H18BrNS. The van der Waals surface area contributed by atoms with Crippen molar-refractivity contribution in [1.29, 1.82) is 0 Å². The highest BCUT2D eigenvalue weighted by Crippen LogP contribution is 2.21. The molecule has 0 amide bonds. The zero-order valence-electron chi connectivity index (χ0n) is 7.92. The Morgan fingerprint density at radius 1 is 1.67 bits per heavy atom. The molecule has 0 saturated carbocycles. The van der Waals surface area contributed by atoms with E-state index in [1.165, 1.54) is 24.5 Å². The van der Waals surface area contributed by atoms with E-state index in [9.17, 15) is 0 Å². The third-order valence-electron chi connectivity index (χ3n) is 2.61. The Hall–Kier alpha value is 0.790. The summed E-state index contributed by atoms with van der Waals surface area (Å²) in [5.41, 5.74) is 0. The number of thioether (sulfide) groups is 1. The number of hydrogen-bond acceptors (Lipinski definition) is 2. The Bertz CT molecular complexity index is 132. The lowest BCUT2D eigenvalue weighted by Gasteiger charge is -2.38. The van der Waals surface area contributed by atoms with Crippen LogP contribution in [-0.4, -0.2) is 40.4 Å². The number of halogens is 1. The van der Waals surface area contributed by atoms with Crippen molar-refractivity contribution in [3.8, 4) is 0 Å². The second-order valence-electron chi connectivity index (χ2n) is 3.38. The summed E-state index contributed by atoms with van der Waals surface area (Å²) in [5.74, 6) is 2.61. The zero-order chi connectivity index (χ0) is 8.97. The summed E-state index contributed by atoms with van der Waals surface area (Å²) >= 11 is 5.68. The highest BCUT2D eigenvalue weighted by molar-refractivity contribution is 9.09. The number of alkyl halides is 1. The van der Waals surface area contributed by atoms with Crippen molar-refractivity contribution >= 4 is 27.7 Å². The van der Waals surface area contributed by atoms with Crippen LogP contribution in [0.15, 0.2) is 0 Å². The molecule has 0 aliphatic carbocycles. The third kappa shape index (κ3) is 2.64. The van der Waals surface area contributed by atoms with Gasteiger partial charge in [-0.2, -0.15) is 11.8 Å². The van der Waals surface area contributed by atoms with E-state index in [0.717, 1.165) is 17.4 Å². The van der Waals surface area contributed by atoms with E-state index in [2.05, 4.69) is 46.4 Å². The van der Waals surface area contributed by atoms with Crippen LogP contribution >= 0.6 is 27.7 Å². The quantitative estimate of drug-likeness (QED) is 0.710. The summed E-state index contributed by atoms with van der Waals surface area (Å²) in [5, 5.41) is 1.13. The predicted octanol–water partition coefficient (Wildman–Crippen LogP) is 2.60. The summed E-state index contributed by atoms with van der Waals surface area (Å²) in [6.45, 7) is 5.89. The average molecular weight is 252 g/mol. The second-order valence-corrected chi connectivity index (χ2v) is 5.18. The molecule has 1 nitrogen and oxygen atoms in total. The van der Waals surface area contributed by atoms with Crippen molar-refractivity contribution in [2.24, 2.45) is 0 Å². The lowest BCUT2D eigenvalue weighted by Crippen LogP contribution is -2.48. The van der Waals surface area contributed by atoms with E-state index < -0.39 is 0 Å². The molecule has 3 heteroatoms. The van der Waals surface area contributed by atoms with Gasteiger partial charge >= 0.3 is 0 Å². The Morgan fingerprint density at radius 3 is 3.00 bits per heavy atom. The van der Waals surface area contributed by atoms with Crippen molar-refractivity contribution < 1.29 is 0 Å². The number of nitrogens with zero attached hydrogens (tertiary/aromatic N) is 1. The van der Waals surface area contributed by atoms with Crippen LogP contribution in [0.3, 0.4) is 0 Å². The van der Waals surface area contributed by atoms with Gasteiger partial charge in [-0.05, 0) is 13.3 Å². The van der Waals surface area contributed by atoms with Crippen molar-refractivity contribution in [3.63, 3.8) is 0 Å². The Balaban J connectivity index is 2.46. The van der Waals surface area contributed by atoms with Crippen LogP contribution in [0.5, 0.6) is 0 Å². The van der Waals surface area contributed by atoms with E-state index in [1.807, 2.05) is 0 Å². The van der Waals surface area contributed by atoms with Gasteiger partial charge in [-0.15, -0.1) is 0 Å². The predicted molar refractivity (Wildman–Crippen MR) is 61.4 cm³/mol. The molecule has 72 valence electrons. The smallest absolute Gasteiger partial charge is 0.0286 e. The molecule has 1 aliphatic rings. The molecule has 0 aromatic rings. The summed E-state index contributed by atoms with van der Waals surface area (Å²) in [6.07, 6.45) is 1.27. The molecule has 2 unspecified atom stereocenters. The Morgan fingerprint density at radius 2 is 2.42 bits per heavy atom. The highest BCUT2D eigenvalue weighted by Gasteiger charge is 2.24. The molecule has 0 bridgehead atoms. The molecule has 0 N–H and O–H groups in total. The fraction of sp³-hybridized carbons (Fsp3) is 1.00. The maximum Gasteiger partial charge on any atom is 0.0286 e. The zero-order valence-corrected chi connectivity index (χ0v) is 10.3. The van der Waals surface area contributed by atoms with Gasteiger partial charge in [0, 0.05) is 35.5 Å². The van der Waals surface area contributed by atoms with Gasteiger partial charge in [0.15, 0.2) is 0 Å². The van der Waals surface area contributed by atoms with Crippen molar-refractivity contribution in [2.75, 3.05) is 23.4 Å². The lowest BCUT2D eigenvalue weighted by atomic mass is 10.2. The first-order chi connectivity index (χ1) is 5.79. The van der Waals surface area contributed by atoms with Crippen molar-refractivity contribution in [2.45, 2.75) is 32.4 Å². The van der Waals surface area contributed by atoms with Gasteiger partial charge in [0.05, 0.1) is 0 Å². The van der Waals surface area contributed by atoms with Crippen LogP contribution in [0.2, 0.25) is 0 Å². The van der Waals surface area contributed by atoms with Crippen LogP contribution in [0.4, 0.5) is 0 Å². The van der Waals surface area contributed by atoms with E-state index >= 15 is 0 Å². The largest absolute Gasteiger partial charge is 0.295 e. The Kier molecular flexibility index (Phi) is 4.99. The van der Waals surface area contributed by atoms with Crippen LogP contribution in [0.1, 0.15) is 20.3 Å². The SMILES string of the molecule is CCC(C)N1CCSCC1CBr. The van der Waals surface area contributed by atoms with Crippen LogP contribution in [0, 0.1) is 0 Å². The molecule has 1 saturated heterocycles. The topological polar surface area (TPSA) is 3.24 Å². The van der Waals surface area contributed by atoms with Crippen molar-refractivity contribution in [3.05, 3.63) is 0 Å². The molecule has 0 aromatic carbocycles. The summed E-state index contributed by atoms with van der Waals surface area (Å²) in [7, 11) is 0. The average Bonchev–Trinajstić information content (AvgIpc) is 2.16. The molecule has 1 rings (SSSR count). The first kappa shape index (κ1) is 10.9. The van der Waals surface area contributed by atoms with Crippen LogP contribution in [-0.2, 0) is 0 Å². The summed E-state index contributed by atoms with van der Waals surface area (Å²) in [4.78, 5) is 2.64. The van der Waals surface area contributed by atoms with Gasteiger partial charge in [-0.25, -0.2) is 0 Å². The first-order valence-corrected chi connectivity index (χ1v) is 6.96. The second kappa shape index (κ2) is 5.51. The van der Waals surface area contributed by atoms with Gasteiger partial charge in [-0.1, -0.05) is 22.9 Å². The van der Waals surface area contributed by atoms with Crippen LogP contribution < -0.4 is 0 Å². The normalized spacial score (nSPS) is 28.8. The van der Waals surface area contributed by atoms with Gasteiger partial charge in [0.2, 0.25) is 0 Å². The minimum absolute atomic E-state index is 0.758. The minimum Gasteiger partial charge on any atom is -0.295 e. The molecule has 1 aliphatic heterocycles. The monoisotopic (exact) mass is 251 g/mol. The van der Waals surface area contributed by atoms with E-state index in [-0.39, 0.29) is 0 Å². The maximum absolute atomic E-state index is 3.59. The lowest BCUT2D eigenvalue weighted by molar-refractivity contribution is 0.172.